The van der Waals surface area contributed by atoms with Crippen LogP contribution >= 0.6 is 11.3 Å². The second-order valence-corrected chi connectivity index (χ2v) is 4.74. The quantitative estimate of drug-likeness (QED) is 0.830. The molecule has 1 aliphatic heterocycles. The first-order valence-corrected chi connectivity index (χ1v) is 5.89. The molecule has 0 radical (unpaired) electrons. The number of carbonyl (C=O) groups is 1. The molecule has 0 saturated carbocycles. The number of carbonyl (C=O) groups excluding carboxylic acids is 1. The maximum absolute atomic E-state index is 11.0. The molecule has 0 aromatic carbocycles. The van der Waals surface area contributed by atoms with Crippen LogP contribution in [0, 0.1) is 0 Å². The number of rotatable bonds is 1. The minimum absolute atomic E-state index is 0.123. The number of anilines is 1. The molecule has 3 rings (SSSR count). The molecule has 1 N–H and O–H groups in total. The lowest BCUT2D eigenvalue weighted by molar-refractivity contribution is -0.114. The number of fused-ring (bicyclic) bond motifs is 3. The molecule has 2 aromatic rings. The molecule has 6 nitrogen and oxygen atoms in total. The summed E-state index contributed by atoms with van der Waals surface area (Å²) in [7, 11) is 1.86. The van der Waals surface area contributed by atoms with Crippen LogP contribution in [0.25, 0.3) is 10.6 Å². The molecular formula is C10H10N4O2S. The van der Waals surface area contributed by atoms with Crippen molar-refractivity contribution in [3.05, 3.63) is 11.9 Å². The van der Waals surface area contributed by atoms with Crippen LogP contribution in [0.1, 0.15) is 12.6 Å². The minimum atomic E-state index is -0.123. The van der Waals surface area contributed by atoms with Crippen molar-refractivity contribution in [1.82, 2.24) is 14.8 Å². The molecule has 3 heterocycles. The summed E-state index contributed by atoms with van der Waals surface area (Å²) in [4.78, 5) is 16.3. The van der Waals surface area contributed by atoms with Crippen molar-refractivity contribution in [3.63, 3.8) is 0 Å². The Hall–Kier alpha value is -1.89. The fraction of sp³-hybridized carbons (Fsp3) is 0.300. The van der Waals surface area contributed by atoms with E-state index < -0.39 is 0 Å². The van der Waals surface area contributed by atoms with Crippen LogP contribution < -0.4 is 10.1 Å². The van der Waals surface area contributed by atoms with Crippen LogP contribution in [0.5, 0.6) is 5.75 Å². The maximum Gasteiger partial charge on any atom is 0.223 e. The zero-order chi connectivity index (χ0) is 12.0. The Morgan fingerprint density at radius 1 is 1.65 bits per heavy atom. The van der Waals surface area contributed by atoms with Gasteiger partial charge in [-0.1, -0.05) is 11.3 Å². The molecule has 0 bridgehead atoms. The predicted molar refractivity (Wildman–Crippen MR) is 63.0 cm³/mol. The van der Waals surface area contributed by atoms with Gasteiger partial charge in [0.2, 0.25) is 5.91 Å². The monoisotopic (exact) mass is 250 g/mol. The minimum Gasteiger partial charge on any atom is -0.483 e. The highest BCUT2D eigenvalue weighted by molar-refractivity contribution is 7.19. The first-order valence-electron chi connectivity index (χ1n) is 5.07. The number of nitrogens with one attached hydrogen (secondary N) is 1. The topological polar surface area (TPSA) is 69.0 Å². The standard InChI is InChI=1S/C10H10N4O2S/c1-5(15)12-10-13-6-4-16-7-3-11-14(2)8(7)9(6)17-10/h3H,4H2,1-2H3,(H,12,13,15). The summed E-state index contributed by atoms with van der Waals surface area (Å²) in [5.41, 5.74) is 1.76. The molecule has 88 valence electrons. The molecule has 7 heteroatoms. The van der Waals surface area contributed by atoms with Gasteiger partial charge in [0.15, 0.2) is 10.9 Å². The van der Waals surface area contributed by atoms with E-state index >= 15 is 0 Å². The Morgan fingerprint density at radius 2 is 2.47 bits per heavy atom. The van der Waals surface area contributed by atoms with Crippen molar-refractivity contribution in [2.45, 2.75) is 13.5 Å². The Balaban J connectivity index is 2.09. The SMILES string of the molecule is CC(=O)Nc1nc2c(s1)-c1c(cnn1C)OC2. The second kappa shape index (κ2) is 3.56. The van der Waals surface area contributed by atoms with Gasteiger partial charge in [0.05, 0.1) is 11.1 Å². The predicted octanol–water partition coefficient (Wildman–Crippen LogP) is 1.39. The first kappa shape index (κ1) is 10.3. The average Bonchev–Trinajstić information content (AvgIpc) is 2.80. The number of ether oxygens (including phenoxy) is 1. The van der Waals surface area contributed by atoms with Gasteiger partial charge in [-0.25, -0.2) is 4.98 Å². The van der Waals surface area contributed by atoms with E-state index in [0.717, 1.165) is 22.0 Å². The number of aryl methyl sites for hydroxylation is 1. The summed E-state index contributed by atoms with van der Waals surface area (Å²) in [6.07, 6.45) is 1.69. The number of aromatic nitrogens is 3. The van der Waals surface area contributed by atoms with Crippen LogP contribution in [0.3, 0.4) is 0 Å². The second-order valence-electron chi connectivity index (χ2n) is 3.75. The molecule has 17 heavy (non-hydrogen) atoms. The van der Waals surface area contributed by atoms with Crippen molar-refractivity contribution in [2.24, 2.45) is 7.05 Å². The van der Waals surface area contributed by atoms with Crippen molar-refractivity contribution >= 4 is 22.4 Å². The van der Waals surface area contributed by atoms with Crippen LogP contribution in [0.4, 0.5) is 5.13 Å². The Morgan fingerprint density at radius 3 is 3.24 bits per heavy atom. The van der Waals surface area contributed by atoms with Gasteiger partial charge in [-0.15, -0.1) is 0 Å². The summed E-state index contributed by atoms with van der Waals surface area (Å²) in [6.45, 7) is 1.89. The van der Waals surface area contributed by atoms with Crippen LogP contribution in [-0.2, 0) is 18.4 Å². The molecule has 0 aliphatic carbocycles. The van der Waals surface area contributed by atoms with Crippen LogP contribution in [-0.4, -0.2) is 20.7 Å². The summed E-state index contributed by atoms with van der Waals surface area (Å²) in [5.74, 6) is 0.639. The van der Waals surface area contributed by atoms with Gasteiger partial charge in [-0.2, -0.15) is 5.10 Å². The van der Waals surface area contributed by atoms with Crippen LogP contribution in [0.2, 0.25) is 0 Å². The highest BCUT2D eigenvalue weighted by Gasteiger charge is 2.25. The van der Waals surface area contributed by atoms with Crippen molar-refractivity contribution in [2.75, 3.05) is 5.32 Å². The Kier molecular flexibility index (Phi) is 2.15. The third-order valence-corrected chi connectivity index (χ3v) is 3.48. The van der Waals surface area contributed by atoms with Crippen LogP contribution in [0.15, 0.2) is 6.20 Å². The van der Waals surface area contributed by atoms with E-state index in [1.165, 1.54) is 18.3 Å². The van der Waals surface area contributed by atoms with E-state index in [0.29, 0.717) is 11.7 Å². The van der Waals surface area contributed by atoms with Crippen molar-refractivity contribution < 1.29 is 9.53 Å². The van der Waals surface area contributed by atoms with Gasteiger partial charge >= 0.3 is 0 Å². The zero-order valence-electron chi connectivity index (χ0n) is 9.35. The van der Waals surface area contributed by atoms with Gasteiger partial charge < -0.3 is 10.1 Å². The number of hydrogen-bond acceptors (Lipinski definition) is 5. The fourth-order valence-corrected chi connectivity index (χ4v) is 2.86. The first-order chi connectivity index (χ1) is 8.15. The van der Waals surface area contributed by atoms with E-state index in [9.17, 15) is 4.79 Å². The van der Waals surface area contributed by atoms with E-state index in [4.69, 9.17) is 4.74 Å². The molecule has 1 aliphatic rings. The maximum atomic E-state index is 11.0. The highest BCUT2D eigenvalue weighted by Crippen LogP contribution is 2.41. The van der Waals surface area contributed by atoms with Crippen molar-refractivity contribution in [1.29, 1.82) is 0 Å². The largest absolute Gasteiger partial charge is 0.483 e. The van der Waals surface area contributed by atoms with Gasteiger partial charge in [-0.05, 0) is 0 Å². The number of hydrogen-bond donors (Lipinski definition) is 1. The highest BCUT2D eigenvalue weighted by atomic mass is 32.1. The number of nitrogens with zero attached hydrogens (tertiary/aromatic N) is 3. The lowest BCUT2D eigenvalue weighted by Gasteiger charge is -2.12. The molecule has 0 atom stereocenters. The van der Waals surface area contributed by atoms with Gasteiger partial charge in [-0.3, -0.25) is 9.48 Å². The van der Waals surface area contributed by atoms with Crippen molar-refractivity contribution in [3.8, 4) is 16.3 Å². The average molecular weight is 250 g/mol. The molecule has 0 unspecified atom stereocenters. The normalized spacial score (nSPS) is 12.6. The Bertz CT molecular complexity index is 601. The lowest BCUT2D eigenvalue weighted by atomic mass is 10.2. The summed E-state index contributed by atoms with van der Waals surface area (Å²) < 4.78 is 7.29. The molecule has 0 saturated heterocycles. The lowest BCUT2D eigenvalue weighted by Crippen LogP contribution is -2.07. The molecule has 0 fully saturated rings. The zero-order valence-corrected chi connectivity index (χ0v) is 10.2. The molecular weight excluding hydrogens is 240 g/mol. The van der Waals surface area contributed by atoms with E-state index in [2.05, 4.69) is 15.4 Å². The molecule has 2 aromatic heterocycles. The summed E-state index contributed by atoms with van der Waals surface area (Å²) >= 11 is 1.44. The molecule has 0 spiro atoms. The smallest absolute Gasteiger partial charge is 0.223 e. The Labute approximate surface area is 101 Å². The van der Waals surface area contributed by atoms with Gasteiger partial charge in [0.25, 0.3) is 0 Å². The summed E-state index contributed by atoms with van der Waals surface area (Å²) in [6, 6.07) is 0. The molecule has 1 amide bonds. The van der Waals surface area contributed by atoms with E-state index in [-0.39, 0.29) is 5.91 Å². The van der Waals surface area contributed by atoms with E-state index in [1.54, 1.807) is 10.9 Å². The third-order valence-electron chi connectivity index (χ3n) is 2.46. The fourth-order valence-electron chi connectivity index (χ4n) is 1.77. The van der Waals surface area contributed by atoms with Gasteiger partial charge in [0.1, 0.15) is 18.0 Å². The third kappa shape index (κ3) is 1.59. The van der Waals surface area contributed by atoms with Gasteiger partial charge in [0, 0.05) is 14.0 Å². The summed E-state index contributed by atoms with van der Waals surface area (Å²) in [5, 5.41) is 7.44. The van der Waals surface area contributed by atoms with E-state index in [1.807, 2.05) is 7.05 Å². The number of amides is 1. The number of thiazole rings is 1.